The third-order valence-corrected chi connectivity index (χ3v) is 8.43. The van der Waals surface area contributed by atoms with Gasteiger partial charge in [-0.1, -0.05) is 0 Å². The molecule has 3 N–H and O–H groups in total. The number of carbonyl (C=O) groups is 2. The number of nitrogens with one attached hydrogen (secondary N) is 3. The van der Waals surface area contributed by atoms with Gasteiger partial charge in [-0.05, 0) is 43.5 Å². The third kappa shape index (κ3) is 5.02. The van der Waals surface area contributed by atoms with E-state index < -0.39 is 39.3 Å². The van der Waals surface area contributed by atoms with Crippen LogP contribution in [0.5, 0.6) is 0 Å². The van der Waals surface area contributed by atoms with Crippen molar-refractivity contribution >= 4 is 27.3 Å². The fraction of sp³-hybridized carbons (Fsp3) is 0.609. The lowest BCUT2D eigenvalue weighted by Crippen LogP contribution is -2.63. The highest BCUT2D eigenvalue weighted by Crippen LogP contribution is 2.40. The number of halogens is 2. The monoisotopic (exact) mass is 524 g/mol. The van der Waals surface area contributed by atoms with Crippen LogP contribution in [0.15, 0.2) is 29.2 Å². The minimum absolute atomic E-state index is 0.0801. The minimum Gasteiger partial charge on any atom is -0.368 e. The van der Waals surface area contributed by atoms with Crippen LogP contribution in [-0.2, 0) is 19.4 Å². The molecule has 3 atom stereocenters. The predicted molar refractivity (Wildman–Crippen MR) is 126 cm³/mol. The van der Waals surface area contributed by atoms with Crippen LogP contribution in [0.3, 0.4) is 0 Å². The molecule has 196 valence electrons. The van der Waals surface area contributed by atoms with Crippen molar-refractivity contribution in [3.8, 4) is 6.07 Å². The second-order valence-electron chi connectivity index (χ2n) is 9.83. The highest BCUT2D eigenvalue weighted by atomic mass is 32.2. The van der Waals surface area contributed by atoms with Crippen LogP contribution in [0, 0.1) is 17.2 Å². The summed E-state index contributed by atoms with van der Waals surface area (Å²) in [5.74, 6) is -5.36. The number of amides is 2. The molecule has 1 aromatic carbocycles. The maximum atomic E-state index is 13.6. The number of hydrogen-bond acceptors (Lipinski definition) is 8. The Labute approximate surface area is 208 Å². The van der Waals surface area contributed by atoms with Gasteiger partial charge < -0.3 is 15.5 Å². The molecule has 2 amide bonds. The molecule has 36 heavy (non-hydrogen) atoms. The van der Waals surface area contributed by atoms with E-state index in [-0.39, 0.29) is 36.4 Å². The second kappa shape index (κ2) is 9.57. The fourth-order valence-corrected chi connectivity index (χ4v) is 6.08. The van der Waals surface area contributed by atoms with Crippen molar-refractivity contribution in [2.24, 2.45) is 5.92 Å². The molecule has 3 unspecified atom stereocenters. The van der Waals surface area contributed by atoms with Crippen molar-refractivity contribution in [2.45, 2.75) is 61.2 Å². The number of fused-ring (bicyclic) bond motifs is 1. The van der Waals surface area contributed by atoms with Gasteiger partial charge in [0.1, 0.15) is 6.17 Å². The lowest BCUT2D eigenvalue weighted by molar-refractivity contribution is -0.158. The summed E-state index contributed by atoms with van der Waals surface area (Å²) in [4.78, 5) is 26.3. The Balaban J connectivity index is 1.57. The summed E-state index contributed by atoms with van der Waals surface area (Å²) in [5.41, 5.74) is 3.23. The molecular weight excluding hydrogens is 494 g/mol. The largest absolute Gasteiger partial charge is 0.368 e. The van der Waals surface area contributed by atoms with Crippen LogP contribution in [0.2, 0.25) is 0 Å². The summed E-state index contributed by atoms with van der Waals surface area (Å²) in [6.45, 7) is 1.20. The van der Waals surface area contributed by atoms with Crippen LogP contribution < -0.4 is 16.1 Å². The van der Waals surface area contributed by atoms with Crippen LogP contribution >= 0.6 is 0 Å². The van der Waals surface area contributed by atoms with Crippen LogP contribution in [0.1, 0.15) is 32.6 Å². The molecule has 10 nitrogen and oxygen atoms in total. The number of nitrogens with zero attached hydrogens (tertiary/aromatic N) is 3. The average Bonchev–Trinajstić information content (AvgIpc) is 3.18. The smallest absolute Gasteiger partial charge is 0.322 e. The van der Waals surface area contributed by atoms with Gasteiger partial charge >= 0.3 is 5.92 Å². The minimum atomic E-state index is -3.46. The molecule has 3 saturated heterocycles. The molecule has 3 aliphatic rings. The molecule has 0 bridgehead atoms. The first kappa shape index (κ1) is 26.2. The molecule has 3 fully saturated rings. The number of rotatable bonds is 6. The summed E-state index contributed by atoms with van der Waals surface area (Å²) < 4.78 is 50.7. The zero-order chi connectivity index (χ0) is 26.3. The molecule has 0 radical (unpaired) electrons. The standard InChI is InChI=1S/C23H30F2N6O4S/c1-22(24,25)21(33)30-13-9-23(8-11-26,10-14-30)31-17-7-12-27-20(32)18(17)19(29-31)28-15-3-5-16(6-4-15)36(2,34)35/h3-6,17-19,28-29H,7-10,12-14H2,1-2H3,(H,27,32). The number of anilines is 1. The number of alkyl halides is 2. The van der Waals surface area contributed by atoms with Gasteiger partial charge in [-0.25, -0.2) is 18.9 Å². The van der Waals surface area contributed by atoms with Crippen molar-refractivity contribution in [3.05, 3.63) is 24.3 Å². The summed E-state index contributed by atoms with van der Waals surface area (Å²) in [7, 11) is -3.35. The number of piperidine rings is 2. The van der Waals surface area contributed by atoms with Crippen molar-refractivity contribution in [2.75, 3.05) is 31.2 Å². The van der Waals surface area contributed by atoms with Gasteiger partial charge in [0.05, 0.1) is 28.8 Å². The van der Waals surface area contributed by atoms with Gasteiger partial charge in [-0.15, -0.1) is 0 Å². The van der Waals surface area contributed by atoms with E-state index in [0.717, 1.165) is 11.2 Å². The number of carbonyl (C=O) groups excluding carboxylic acids is 2. The van der Waals surface area contributed by atoms with E-state index in [1.807, 2.05) is 5.01 Å². The Morgan fingerprint density at radius 3 is 2.47 bits per heavy atom. The number of hydrogen-bond donors (Lipinski definition) is 3. The molecule has 13 heteroatoms. The highest BCUT2D eigenvalue weighted by molar-refractivity contribution is 7.90. The summed E-state index contributed by atoms with van der Waals surface area (Å²) in [6.07, 6.45) is 1.90. The predicted octanol–water partition coefficient (Wildman–Crippen LogP) is 1.08. The fourth-order valence-electron chi connectivity index (χ4n) is 5.45. The molecule has 0 spiro atoms. The zero-order valence-corrected chi connectivity index (χ0v) is 20.9. The van der Waals surface area contributed by atoms with Crippen molar-refractivity contribution in [1.29, 1.82) is 5.26 Å². The zero-order valence-electron chi connectivity index (χ0n) is 20.1. The topological polar surface area (TPSA) is 135 Å². The van der Waals surface area contributed by atoms with Gasteiger partial charge in [0.15, 0.2) is 9.84 Å². The SMILES string of the molecule is CC(F)(F)C(=O)N1CCC(CC#N)(N2NC(Nc3ccc(S(C)(=O)=O)cc3)C3C(=O)NCCC32)CC1. The summed E-state index contributed by atoms with van der Waals surface area (Å²) >= 11 is 0. The molecule has 3 heterocycles. The molecule has 3 aliphatic heterocycles. The molecule has 0 aliphatic carbocycles. The third-order valence-electron chi connectivity index (χ3n) is 7.31. The Hall–Kier alpha value is -2.82. The van der Waals surface area contributed by atoms with Crippen molar-refractivity contribution < 1.29 is 26.8 Å². The molecular formula is C23H30F2N6O4S. The maximum absolute atomic E-state index is 13.6. The van der Waals surface area contributed by atoms with Gasteiger partial charge in [-0.3, -0.25) is 9.59 Å². The first-order valence-electron chi connectivity index (χ1n) is 11.8. The van der Waals surface area contributed by atoms with Crippen LogP contribution in [0.4, 0.5) is 14.5 Å². The van der Waals surface area contributed by atoms with Crippen molar-refractivity contribution in [3.63, 3.8) is 0 Å². The molecule has 0 saturated carbocycles. The second-order valence-corrected chi connectivity index (χ2v) is 11.8. The summed E-state index contributed by atoms with van der Waals surface area (Å²) in [6, 6.07) is 8.16. The van der Waals surface area contributed by atoms with Gasteiger partial charge in [-0.2, -0.15) is 14.0 Å². The Morgan fingerprint density at radius 1 is 1.28 bits per heavy atom. The number of hydrazine groups is 1. The highest BCUT2D eigenvalue weighted by Gasteiger charge is 2.55. The first-order chi connectivity index (χ1) is 16.9. The van der Waals surface area contributed by atoms with E-state index in [2.05, 4.69) is 22.1 Å². The van der Waals surface area contributed by atoms with Gasteiger partial charge in [0, 0.05) is 44.5 Å². The van der Waals surface area contributed by atoms with Crippen molar-refractivity contribution in [1.82, 2.24) is 20.7 Å². The first-order valence-corrected chi connectivity index (χ1v) is 13.7. The number of likely N-dealkylation sites (tertiary alicyclic amines) is 1. The Kier molecular flexibility index (Phi) is 6.98. The van der Waals surface area contributed by atoms with E-state index in [9.17, 15) is 32.0 Å². The Morgan fingerprint density at radius 2 is 1.92 bits per heavy atom. The number of nitriles is 1. The van der Waals surface area contributed by atoms with E-state index in [4.69, 9.17) is 0 Å². The maximum Gasteiger partial charge on any atom is 0.322 e. The lowest BCUT2D eigenvalue weighted by atomic mass is 9.81. The number of sulfone groups is 1. The Bertz CT molecular complexity index is 1160. The van der Waals surface area contributed by atoms with Gasteiger partial charge in [0.25, 0.3) is 5.91 Å². The normalized spacial score (nSPS) is 26.6. The molecule has 4 rings (SSSR count). The molecule has 1 aromatic rings. The quantitative estimate of drug-likeness (QED) is 0.503. The van der Waals surface area contributed by atoms with E-state index >= 15 is 0 Å². The lowest BCUT2D eigenvalue weighted by Gasteiger charge is -2.49. The number of benzene rings is 1. The van der Waals surface area contributed by atoms with Gasteiger partial charge in [0.2, 0.25) is 5.91 Å². The summed E-state index contributed by atoms with van der Waals surface area (Å²) in [5, 5.41) is 17.7. The van der Waals surface area contributed by atoms with Crippen LogP contribution in [-0.4, -0.2) is 79.7 Å². The van der Waals surface area contributed by atoms with E-state index in [1.165, 1.54) is 12.1 Å². The molecule has 0 aromatic heterocycles. The van der Waals surface area contributed by atoms with E-state index in [1.54, 1.807) is 12.1 Å². The average molecular weight is 525 g/mol. The van der Waals surface area contributed by atoms with E-state index in [0.29, 0.717) is 38.4 Å². The van der Waals surface area contributed by atoms with Crippen LogP contribution in [0.25, 0.3) is 0 Å².